The first-order valence-electron chi connectivity index (χ1n) is 10.5. The number of pyridine rings is 1. The van der Waals surface area contributed by atoms with Crippen molar-refractivity contribution in [3.63, 3.8) is 0 Å². The van der Waals surface area contributed by atoms with Gasteiger partial charge in [0.2, 0.25) is 0 Å². The second-order valence-corrected chi connectivity index (χ2v) is 8.87. The minimum Gasteiger partial charge on any atom is -0.351 e. The van der Waals surface area contributed by atoms with Crippen molar-refractivity contribution in [3.8, 4) is 5.69 Å². The van der Waals surface area contributed by atoms with Crippen LogP contribution in [0, 0.1) is 13.8 Å². The molecule has 0 amide bonds. The molecule has 1 aliphatic rings. The number of nitrogens with zero attached hydrogens (tertiary/aromatic N) is 3. The molecule has 0 radical (unpaired) electrons. The van der Waals surface area contributed by atoms with Gasteiger partial charge < -0.3 is 14.8 Å². The largest absolute Gasteiger partial charge is 0.351 e. The molecule has 2 aromatic carbocycles. The highest BCUT2D eigenvalue weighted by Crippen LogP contribution is 2.42. The molecule has 0 saturated carbocycles. The van der Waals surface area contributed by atoms with Crippen LogP contribution in [0.3, 0.4) is 0 Å². The summed E-state index contributed by atoms with van der Waals surface area (Å²) in [6, 6.07) is 24.4. The molecule has 6 heteroatoms. The third-order valence-corrected chi connectivity index (χ3v) is 6.62. The Morgan fingerprint density at radius 1 is 0.906 bits per heavy atom. The van der Waals surface area contributed by atoms with Gasteiger partial charge in [-0.05, 0) is 97.9 Å². The summed E-state index contributed by atoms with van der Waals surface area (Å²) in [6.07, 6.45) is 3.93. The summed E-state index contributed by atoms with van der Waals surface area (Å²) >= 11 is 12.0. The number of halogens is 1. The Morgan fingerprint density at radius 2 is 1.69 bits per heavy atom. The van der Waals surface area contributed by atoms with Crippen molar-refractivity contribution in [1.29, 1.82) is 0 Å². The molecule has 4 nitrogen and oxygen atoms in total. The number of nitrogens with one attached hydrogen (secondary N) is 1. The van der Waals surface area contributed by atoms with Gasteiger partial charge >= 0.3 is 0 Å². The number of aryl methyl sites for hydroxylation is 2. The van der Waals surface area contributed by atoms with Gasteiger partial charge in [0, 0.05) is 34.5 Å². The molecular weight excluding hydrogens is 436 g/mol. The van der Waals surface area contributed by atoms with Crippen LogP contribution in [0.25, 0.3) is 5.69 Å². The number of thiocarbonyl (C=S) groups is 1. The molecular formula is C26H23ClN4S. The quantitative estimate of drug-likeness (QED) is 0.363. The Hall–Kier alpha value is -3.15. The third-order valence-electron chi connectivity index (χ3n) is 6.05. The van der Waals surface area contributed by atoms with E-state index in [4.69, 9.17) is 23.8 Å². The van der Waals surface area contributed by atoms with Gasteiger partial charge in [0.15, 0.2) is 5.11 Å². The van der Waals surface area contributed by atoms with E-state index in [1.54, 1.807) is 0 Å². The molecule has 1 saturated heterocycles. The number of hydrogen-bond donors (Lipinski definition) is 1. The van der Waals surface area contributed by atoms with Crippen molar-refractivity contribution in [2.24, 2.45) is 0 Å². The van der Waals surface area contributed by atoms with Crippen LogP contribution in [0.1, 0.15) is 34.6 Å². The van der Waals surface area contributed by atoms with Gasteiger partial charge in [-0.25, -0.2) is 0 Å². The van der Waals surface area contributed by atoms with Gasteiger partial charge in [-0.15, -0.1) is 0 Å². The Labute approximate surface area is 198 Å². The first kappa shape index (κ1) is 20.7. The maximum atomic E-state index is 6.17. The third kappa shape index (κ3) is 3.68. The average molecular weight is 459 g/mol. The van der Waals surface area contributed by atoms with E-state index < -0.39 is 0 Å². The van der Waals surface area contributed by atoms with Gasteiger partial charge in [0.1, 0.15) is 6.04 Å². The molecule has 1 aliphatic heterocycles. The van der Waals surface area contributed by atoms with E-state index in [1.807, 2.05) is 48.7 Å². The molecule has 3 heterocycles. The fraction of sp³-hybridized carbons (Fsp3) is 0.154. The number of anilines is 1. The first-order chi connectivity index (χ1) is 15.5. The first-order valence-corrected chi connectivity index (χ1v) is 11.3. The Morgan fingerprint density at radius 3 is 2.41 bits per heavy atom. The molecule has 160 valence electrons. The number of aromatic nitrogens is 2. The molecule has 1 fully saturated rings. The van der Waals surface area contributed by atoms with Crippen LogP contribution in [-0.2, 0) is 0 Å². The van der Waals surface area contributed by atoms with Gasteiger partial charge in [-0.1, -0.05) is 23.7 Å². The maximum absolute atomic E-state index is 6.17. The van der Waals surface area contributed by atoms with E-state index in [0.717, 1.165) is 22.8 Å². The molecule has 0 unspecified atom stereocenters. The highest BCUT2D eigenvalue weighted by atomic mass is 35.5. The fourth-order valence-electron chi connectivity index (χ4n) is 4.28. The lowest BCUT2D eigenvalue weighted by Crippen LogP contribution is -2.30. The highest BCUT2D eigenvalue weighted by Gasteiger charge is 2.42. The lowest BCUT2D eigenvalue weighted by atomic mass is 10.0. The second kappa shape index (κ2) is 8.41. The molecule has 2 atom stereocenters. The van der Waals surface area contributed by atoms with Crippen molar-refractivity contribution in [1.82, 2.24) is 14.9 Å². The van der Waals surface area contributed by atoms with Crippen LogP contribution in [0.2, 0.25) is 5.02 Å². The van der Waals surface area contributed by atoms with Crippen LogP contribution in [0.4, 0.5) is 5.69 Å². The molecule has 0 aliphatic carbocycles. The minimum absolute atomic E-state index is 0.0878. The Bertz CT molecular complexity index is 1270. The van der Waals surface area contributed by atoms with E-state index in [9.17, 15) is 0 Å². The van der Waals surface area contributed by atoms with Gasteiger partial charge in [-0.2, -0.15) is 0 Å². The summed E-state index contributed by atoms with van der Waals surface area (Å²) in [5, 5.41) is 4.88. The van der Waals surface area contributed by atoms with E-state index in [1.165, 1.54) is 11.1 Å². The standard InChI is InChI=1S/C26H23ClN4S/c1-17-8-11-21(16-18(17)2)30-15-5-7-23(30)25-24(22-6-3-4-14-28-22)29-26(32)31(25)20-12-9-19(27)10-13-20/h3-16,24-25H,1-2H3,(H,29,32)/t24-,25+/m1/s1. The molecule has 0 spiro atoms. The summed E-state index contributed by atoms with van der Waals surface area (Å²) in [6.45, 7) is 4.28. The van der Waals surface area contributed by atoms with E-state index in [-0.39, 0.29) is 12.1 Å². The van der Waals surface area contributed by atoms with Crippen LogP contribution in [0.5, 0.6) is 0 Å². The van der Waals surface area contributed by atoms with Crippen LogP contribution in [-0.4, -0.2) is 14.7 Å². The highest BCUT2D eigenvalue weighted by molar-refractivity contribution is 7.80. The molecule has 5 rings (SSSR count). The molecule has 32 heavy (non-hydrogen) atoms. The van der Waals surface area contributed by atoms with Gasteiger partial charge in [-0.3, -0.25) is 4.98 Å². The maximum Gasteiger partial charge on any atom is 0.174 e. The Kier molecular flexibility index (Phi) is 5.45. The monoisotopic (exact) mass is 458 g/mol. The normalized spacial score (nSPS) is 18.1. The van der Waals surface area contributed by atoms with Crippen LogP contribution < -0.4 is 10.2 Å². The predicted octanol–water partition coefficient (Wildman–Crippen LogP) is 6.32. The predicted molar refractivity (Wildman–Crippen MR) is 135 cm³/mol. The lowest BCUT2D eigenvalue weighted by molar-refractivity contribution is 0.549. The van der Waals surface area contributed by atoms with E-state index >= 15 is 0 Å². The topological polar surface area (TPSA) is 33.1 Å². The molecule has 1 N–H and O–H groups in total. The van der Waals surface area contributed by atoms with Crippen molar-refractivity contribution in [3.05, 3.63) is 113 Å². The zero-order chi connectivity index (χ0) is 22.2. The van der Waals surface area contributed by atoms with Crippen molar-refractivity contribution in [2.75, 3.05) is 4.90 Å². The summed E-state index contributed by atoms with van der Waals surface area (Å²) in [5.41, 5.74) is 6.73. The van der Waals surface area contributed by atoms with Crippen molar-refractivity contribution < 1.29 is 0 Å². The van der Waals surface area contributed by atoms with Gasteiger partial charge in [0.25, 0.3) is 0 Å². The van der Waals surface area contributed by atoms with E-state index in [2.05, 4.69) is 70.1 Å². The Balaban J connectivity index is 1.67. The summed E-state index contributed by atoms with van der Waals surface area (Å²) < 4.78 is 2.24. The molecule has 4 aromatic rings. The van der Waals surface area contributed by atoms with Crippen LogP contribution >= 0.6 is 23.8 Å². The second-order valence-electron chi connectivity index (χ2n) is 8.04. The zero-order valence-corrected chi connectivity index (χ0v) is 19.4. The SMILES string of the molecule is Cc1ccc(-n2cccc2[C@H]2[C@@H](c3ccccn3)NC(=S)N2c2ccc(Cl)cc2)cc1C. The lowest BCUT2D eigenvalue weighted by Gasteiger charge is -2.29. The number of rotatable bonds is 4. The number of benzene rings is 2. The molecule has 2 aromatic heterocycles. The zero-order valence-electron chi connectivity index (χ0n) is 17.9. The summed E-state index contributed by atoms with van der Waals surface area (Å²) in [5.74, 6) is 0. The van der Waals surface area contributed by atoms with Crippen molar-refractivity contribution in [2.45, 2.75) is 25.9 Å². The van der Waals surface area contributed by atoms with Crippen molar-refractivity contribution >= 4 is 34.6 Å². The molecule has 0 bridgehead atoms. The van der Waals surface area contributed by atoms with Gasteiger partial charge in [0.05, 0.1) is 11.7 Å². The van der Waals surface area contributed by atoms with E-state index in [0.29, 0.717) is 10.1 Å². The smallest absolute Gasteiger partial charge is 0.174 e. The minimum atomic E-state index is -0.0976. The summed E-state index contributed by atoms with van der Waals surface area (Å²) in [4.78, 5) is 6.81. The summed E-state index contributed by atoms with van der Waals surface area (Å²) in [7, 11) is 0. The van der Waals surface area contributed by atoms with Crippen LogP contribution in [0.15, 0.2) is 85.2 Å². The number of hydrogen-bond acceptors (Lipinski definition) is 2. The average Bonchev–Trinajstić information content (AvgIpc) is 3.41. The fourth-order valence-corrected chi connectivity index (χ4v) is 4.75.